The fourth-order valence-corrected chi connectivity index (χ4v) is 0.844. The first-order chi connectivity index (χ1) is 5.72. The third-order valence-electron chi connectivity index (χ3n) is 1.47. The van der Waals surface area contributed by atoms with Gasteiger partial charge in [-0.25, -0.2) is 4.79 Å². The van der Waals surface area contributed by atoms with Crippen LogP contribution < -0.4 is 0 Å². The Morgan fingerprint density at radius 2 is 2.17 bits per heavy atom. The van der Waals surface area contributed by atoms with Gasteiger partial charge < -0.3 is 9.94 Å². The van der Waals surface area contributed by atoms with E-state index in [2.05, 4.69) is 16.9 Å². The number of rotatable bonds is 6. The minimum absolute atomic E-state index is 0.103. The molecular formula is C8H15NO3. The van der Waals surface area contributed by atoms with Crippen LogP contribution >= 0.6 is 0 Å². The lowest BCUT2D eigenvalue weighted by Gasteiger charge is -1.98. The summed E-state index contributed by atoms with van der Waals surface area (Å²) in [5.74, 6) is -0.993. The van der Waals surface area contributed by atoms with Gasteiger partial charge in [-0.05, 0) is 6.42 Å². The summed E-state index contributed by atoms with van der Waals surface area (Å²) >= 11 is 0. The molecule has 0 saturated carbocycles. The molecule has 0 aliphatic rings. The zero-order valence-corrected chi connectivity index (χ0v) is 7.54. The number of unbranched alkanes of at least 4 members (excludes halogenated alkanes) is 2. The number of nitrogens with zero attached hydrogens (tertiary/aromatic N) is 1. The summed E-state index contributed by atoms with van der Waals surface area (Å²) < 4.78 is 0. The molecule has 0 bridgehead atoms. The third kappa shape index (κ3) is 4.71. The van der Waals surface area contributed by atoms with E-state index in [0.717, 1.165) is 19.3 Å². The molecule has 0 heterocycles. The maximum atomic E-state index is 10.5. The Bertz CT molecular complexity index is 166. The van der Waals surface area contributed by atoms with Crippen LogP contribution in [0.15, 0.2) is 5.16 Å². The first kappa shape index (κ1) is 10.9. The second-order valence-electron chi connectivity index (χ2n) is 2.48. The number of carboxylic acids is 1. The van der Waals surface area contributed by atoms with Crippen molar-refractivity contribution in [1.29, 1.82) is 0 Å². The molecule has 0 aromatic heterocycles. The molecule has 12 heavy (non-hydrogen) atoms. The van der Waals surface area contributed by atoms with Crippen molar-refractivity contribution in [3.8, 4) is 0 Å². The molecule has 0 aliphatic heterocycles. The van der Waals surface area contributed by atoms with Gasteiger partial charge in [0.1, 0.15) is 7.11 Å². The molecule has 0 aromatic rings. The van der Waals surface area contributed by atoms with Crippen LogP contribution in [0.3, 0.4) is 0 Å². The summed E-state index contributed by atoms with van der Waals surface area (Å²) in [6, 6.07) is 0. The van der Waals surface area contributed by atoms with Crippen molar-refractivity contribution < 1.29 is 14.7 Å². The lowest BCUT2D eigenvalue weighted by Crippen LogP contribution is -2.13. The van der Waals surface area contributed by atoms with Crippen molar-refractivity contribution in [3.63, 3.8) is 0 Å². The smallest absolute Gasteiger partial charge is 0.353 e. The molecule has 0 spiro atoms. The van der Waals surface area contributed by atoms with Crippen molar-refractivity contribution in [1.82, 2.24) is 0 Å². The zero-order chi connectivity index (χ0) is 9.40. The summed E-state index contributed by atoms with van der Waals surface area (Å²) in [6.45, 7) is 2.06. The van der Waals surface area contributed by atoms with Crippen molar-refractivity contribution >= 4 is 11.7 Å². The molecule has 4 nitrogen and oxygen atoms in total. The fraction of sp³-hybridized carbons (Fsp3) is 0.750. The highest BCUT2D eigenvalue weighted by molar-refractivity contribution is 6.35. The van der Waals surface area contributed by atoms with Crippen LogP contribution in [0.4, 0.5) is 0 Å². The van der Waals surface area contributed by atoms with Crippen LogP contribution in [0.1, 0.15) is 32.6 Å². The maximum Gasteiger partial charge on any atom is 0.353 e. The molecule has 0 rings (SSSR count). The summed E-state index contributed by atoms with van der Waals surface area (Å²) in [6.07, 6.45) is 3.43. The largest absolute Gasteiger partial charge is 0.477 e. The van der Waals surface area contributed by atoms with Gasteiger partial charge in [-0.15, -0.1) is 0 Å². The minimum Gasteiger partial charge on any atom is -0.477 e. The number of carbonyl (C=O) groups is 1. The maximum absolute atomic E-state index is 10.5. The van der Waals surface area contributed by atoms with Crippen LogP contribution in [0.25, 0.3) is 0 Å². The summed E-state index contributed by atoms with van der Waals surface area (Å²) in [4.78, 5) is 14.9. The summed E-state index contributed by atoms with van der Waals surface area (Å²) in [5.41, 5.74) is 0.103. The monoisotopic (exact) mass is 173 g/mol. The van der Waals surface area contributed by atoms with E-state index < -0.39 is 5.97 Å². The molecule has 0 aromatic carbocycles. The Balaban J connectivity index is 3.81. The van der Waals surface area contributed by atoms with Gasteiger partial charge in [0.05, 0.1) is 0 Å². The molecule has 1 N–H and O–H groups in total. The Labute approximate surface area is 72.2 Å². The van der Waals surface area contributed by atoms with Crippen LogP contribution in [0.2, 0.25) is 0 Å². The van der Waals surface area contributed by atoms with E-state index in [9.17, 15) is 4.79 Å². The third-order valence-corrected chi connectivity index (χ3v) is 1.47. The Kier molecular flexibility index (Phi) is 6.05. The van der Waals surface area contributed by atoms with E-state index in [1.165, 1.54) is 7.11 Å². The van der Waals surface area contributed by atoms with E-state index in [1.54, 1.807) is 0 Å². The van der Waals surface area contributed by atoms with Gasteiger partial charge in [-0.2, -0.15) is 0 Å². The van der Waals surface area contributed by atoms with Crippen LogP contribution in [0.5, 0.6) is 0 Å². The topological polar surface area (TPSA) is 58.9 Å². The van der Waals surface area contributed by atoms with E-state index in [-0.39, 0.29) is 5.71 Å². The molecule has 0 amide bonds. The van der Waals surface area contributed by atoms with Gasteiger partial charge in [0, 0.05) is 6.42 Å². The van der Waals surface area contributed by atoms with Crippen molar-refractivity contribution in [2.45, 2.75) is 32.6 Å². The van der Waals surface area contributed by atoms with Gasteiger partial charge in [0.15, 0.2) is 5.71 Å². The molecule has 70 valence electrons. The van der Waals surface area contributed by atoms with E-state index in [4.69, 9.17) is 5.11 Å². The highest BCUT2D eigenvalue weighted by Crippen LogP contribution is 2.01. The average molecular weight is 173 g/mol. The average Bonchev–Trinajstić information content (AvgIpc) is 2.03. The molecule has 0 fully saturated rings. The molecular weight excluding hydrogens is 158 g/mol. The van der Waals surface area contributed by atoms with Gasteiger partial charge in [-0.1, -0.05) is 24.9 Å². The number of carboxylic acid groups (broad SMARTS) is 1. The van der Waals surface area contributed by atoms with Crippen LogP contribution in [-0.2, 0) is 9.63 Å². The Morgan fingerprint density at radius 3 is 2.58 bits per heavy atom. The molecule has 0 radical (unpaired) electrons. The standard InChI is InChI=1S/C8H15NO3/c1-3-4-5-6-7(8(10)11)9-12-2/h3-6H2,1-2H3,(H,10,11)/b9-7-. The number of hydrogen-bond donors (Lipinski definition) is 1. The lowest BCUT2D eigenvalue weighted by atomic mass is 10.1. The highest BCUT2D eigenvalue weighted by atomic mass is 16.6. The normalized spacial score (nSPS) is 11.3. The van der Waals surface area contributed by atoms with Gasteiger partial charge in [0.25, 0.3) is 0 Å². The second kappa shape index (κ2) is 6.64. The predicted molar refractivity (Wildman–Crippen MR) is 46.2 cm³/mol. The molecule has 0 saturated heterocycles. The quantitative estimate of drug-likeness (QED) is 0.377. The number of hydrogen-bond acceptors (Lipinski definition) is 3. The first-order valence-electron chi connectivity index (χ1n) is 4.05. The molecule has 0 atom stereocenters. The number of aliphatic carboxylic acids is 1. The second-order valence-corrected chi connectivity index (χ2v) is 2.48. The Morgan fingerprint density at radius 1 is 1.50 bits per heavy atom. The summed E-state index contributed by atoms with van der Waals surface area (Å²) in [7, 11) is 1.35. The summed E-state index contributed by atoms with van der Waals surface area (Å²) in [5, 5.41) is 12.0. The van der Waals surface area contributed by atoms with Crippen molar-refractivity contribution in [3.05, 3.63) is 0 Å². The lowest BCUT2D eigenvalue weighted by molar-refractivity contribution is -0.129. The van der Waals surface area contributed by atoms with E-state index >= 15 is 0 Å². The first-order valence-corrected chi connectivity index (χ1v) is 4.05. The van der Waals surface area contributed by atoms with Crippen molar-refractivity contribution in [2.75, 3.05) is 7.11 Å². The van der Waals surface area contributed by atoms with Crippen LogP contribution in [-0.4, -0.2) is 23.9 Å². The van der Waals surface area contributed by atoms with Gasteiger partial charge in [0.2, 0.25) is 0 Å². The van der Waals surface area contributed by atoms with Crippen LogP contribution in [0, 0.1) is 0 Å². The molecule has 4 heteroatoms. The highest BCUT2D eigenvalue weighted by Gasteiger charge is 2.08. The zero-order valence-electron chi connectivity index (χ0n) is 7.54. The number of oxime groups is 1. The van der Waals surface area contributed by atoms with E-state index in [0.29, 0.717) is 6.42 Å². The molecule has 0 aliphatic carbocycles. The Hall–Kier alpha value is -1.06. The minimum atomic E-state index is -0.993. The predicted octanol–water partition coefficient (Wildman–Crippen LogP) is 1.65. The van der Waals surface area contributed by atoms with E-state index in [1.807, 2.05) is 0 Å². The molecule has 0 unspecified atom stereocenters. The van der Waals surface area contributed by atoms with Gasteiger partial charge >= 0.3 is 5.97 Å². The van der Waals surface area contributed by atoms with Gasteiger partial charge in [-0.3, -0.25) is 0 Å². The SMILES string of the molecule is CCCCC/C(=N/OC)C(=O)O. The fourth-order valence-electron chi connectivity index (χ4n) is 0.844. The van der Waals surface area contributed by atoms with Crippen molar-refractivity contribution in [2.24, 2.45) is 5.16 Å².